The standard InChI is InChI=1S/C16H21ClN2O3/c1-10-12(17)5-4-6-13(10)18-14(20)11(2)19-8-7-16(3,9-19)15(21)22/h4-6,11H,7-9H2,1-3H3,(H,18,20)(H,21,22). The molecule has 1 saturated heterocycles. The van der Waals surface area contributed by atoms with Gasteiger partial charge in [-0.05, 0) is 44.9 Å². The number of halogens is 1. The molecule has 1 aromatic rings. The van der Waals surface area contributed by atoms with Gasteiger partial charge in [-0.15, -0.1) is 0 Å². The first kappa shape index (κ1) is 16.8. The van der Waals surface area contributed by atoms with E-state index in [1.54, 1.807) is 32.0 Å². The topological polar surface area (TPSA) is 69.6 Å². The van der Waals surface area contributed by atoms with Crippen LogP contribution in [0.25, 0.3) is 0 Å². The van der Waals surface area contributed by atoms with Crippen molar-refractivity contribution in [3.63, 3.8) is 0 Å². The second-order valence-corrected chi connectivity index (χ2v) is 6.57. The summed E-state index contributed by atoms with van der Waals surface area (Å²) in [6.07, 6.45) is 0.552. The van der Waals surface area contributed by atoms with Crippen LogP contribution in [0, 0.1) is 12.3 Å². The summed E-state index contributed by atoms with van der Waals surface area (Å²) in [5.74, 6) is -0.965. The maximum atomic E-state index is 12.4. The molecule has 0 radical (unpaired) electrons. The molecule has 0 saturated carbocycles. The van der Waals surface area contributed by atoms with Gasteiger partial charge in [-0.2, -0.15) is 0 Å². The average Bonchev–Trinajstić information content (AvgIpc) is 2.87. The normalized spacial score (nSPS) is 23.3. The van der Waals surface area contributed by atoms with Crippen molar-refractivity contribution in [3.8, 4) is 0 Å². The molecule has 1 heterocycles. The van der Waals surface area contributed by atoms with Crippen LogP contribution in [-0.2, 0) is 9.59 Å². The van der Waals surface area contributed by atoms with Gasteiger partial charge < -0.3 is 10.4 Å². The number of carbonyl (C=O) groups excluding carboxylic acids is 1. The maximum Gasteiger partial charge on any atom is 0.310 e. The van der Waals surface area contributed by atoms with E-state index in [1.165, 1.54) is 0 Å². The molecule has 0 bridgehead atoms. The summed E-state index contributed by atoms with van der Waals surface area (Å²) in [5, 5.41) is 12.7. The first-order valence-corrected chi connectivity index (χ1v) is 7.66. The molecular weight excluding hydrogens is 304 g/mol. The van der Waals surface area contributed by atoms with Gasteiger partial charge in [0.2, 0.25) is 5.91 Å². The Bertz CT molecular complexity index is 605. The largest absolute Gasteiger partial charge is 0.481 e. The van der Waals surface area contributed by atoms with Crippen molar-refractivity contribution in [2.45, 2.75) is 33.2 Å². The molecule has 6 heteroatoms. The summed E-state index contributed by atoms with van der Waals surface area (Å²) in [6, 6.07) is 4.97. The molecule has 1 fully saturated rings. The zero-order chi connectivity index (χ0) is 16.5. The monoisotopic (exact) mass is 324 g/mol. The van der Waals surface area contributed by atoms with Crippen LogP contribution >= 0.6 is 11.6 Å². The van der Waals surface area contributed by atoms with Crippen LogP contribution in [0.2, 0.25) is 5.02 Å². The second kappa shape index (κ2) is 6.26. The quantitative estimate of drug-likeness (QED) is 0.893. The van der Waals surface area contributed by atoms with Gasteiger partial charge >= 0.3 is 5.97 Å². The highest BCUT2D eigenvalue weighted by Crippen LogP contribution is 2.31. The van der Waals surface area contributed by atoms with Crippen LogP contribution < -0.4 is 5.32 Å². The van der Waals surface area contributed by atoms with Crippen molar-refractivity contribution in [2.75, 3.05) is 18.4 Å². The van der Waals surface area contributed by atoms with Crippen molar-refractivity contribution >= 4 is 29.2 Å². The predicted octanol–water partition coefficient (Wildman–Crippen LogP) is 2.77. The number of carbonyl (C=O) groups is 2. The number of benzene rings is 1. The Morgan fingerprint density at radius 1 is 1.45 bits per heavy atom. The number of hydrogen-bond acceptors (Lipinski definition) is 3. The number of hydrogen-bond donors (Lipinski definition) is 2. The third kappa shape index (κ3) is 3.25. The minimum absolute atomic E-state index is 0.153. The third-order valence-corrected chi connectivity index (χ3v) is 4.88. The fourth-order valence-corrected chi connectivity index (χ4v) is 2.82. The summed E-state index contributed by atoms with van der Waals surface area (Å²) in [4.78, 5) is 25.6. The first-order valence-electron chi connectivity index (χ1n) is 7.28. The fraction of sp³-hybridized carbons (Fsp3) is 0.500. The molecular formula is C16H21ClN2O3. The lowest BCUT2D eigenvalue weighted by molar-refractivity contribution is -0.147. The summed E-state index contributed by atoms with van der Waals surface area (Å²) in [7, 11) is 0. The van der Waals surface area contributed by atoms with Gasteiger partial charge in [0.25, 0.3) is 0 Å². The first-order chi connectivity index (χ1) is 10.2. The molecule has 22 heavy (non-hydrogen) atoms. The smallest absolute Gasteiger partial charge is 0.310 e. The molecule has 0 aliphatic carbocycles. The molecule has 2 rings (SSSR count). The van der Waals surface area contributed by atoms with Gasteiger partial charge in [0, 0.05) is 23.8 Å². The number of nitrogens with zero attached hydrogens (tertiary/aromatic N) is 1. The minimum atomic E-state index is -0.812. The zero-order valence-corrected chi connectivity index (χ0v) is 13.8. The molecule has 5 nitrogen and oxygen atoms in total. The summed E-state index contributed by atoms with van der Waals surface area (Å²) < 4.78 is 0. The summed E-state index contributed by atoms with van der Waals surface area (Å²) >= 11 is 6.05. The van der Waals surface area contributed by atoms with Gasteiger partial charge in [-0.1, -0.05) is 17.7 Å². The Morgan fingerprint density at radius 2 is 2.14 bits per heavy atom. The van der Waals surface area contributed by atoms with E-state index in [0.29, 0.717) is 30.2 Å². The Hall–Kier alpha value is -1.59. The Morgan fingerprint density at radius 3 is 2.73 bits per heavy atom. The van der Waals surface area contributed by atoms with Crippen LogP contribution in [0.15, 0.2) is 18.2 Å². The van der Waals surface area contributed by atoms with E-state index >= 15 is 0 Å². The fourth-order valence-electron chi connectivity index (χ4n) is 2.65. The predicted molar refractivity (Wildman–Crippen MR) is 86.2 cm³/mol. The number of carboxylic acid groups (broad SMARTS) is 1. The molecule has 2 N–H and O–H groups in total. The van der Waals surface area contributed by atoms with Crippen LogP contribution in [0.3, 0.4) is 0 Å². The van der Waals surface area contributed by atoms with Crippen LogP contribution in [-0.4, -0.2) is 41.0 Å². The number of likely N-dealkylation sites (tertiary alicyclic amines) is 1. The molecule has 120 valence electrons. The average molecular weight is 325 g/mol. The molecule has 2 unspecified atom stereocenters. The molecule has 1 aromatic carbocycles. The number of anilines is 1. The van der Waals surface area contributed by atoms with Gasteiger partial charge in [0.15, 0.2) is 0 Å². The number of nitrogens with one attached hydrogen (secondary N) is 1. The summed E-state index contributed by atoms with van der Waals surface area (Å²) in [5.41, 5.74) is 0.728. The highest BCUT2D eigenvalue weighted by molar-refractivity contribution is 6.31. The van der Waals surface area contributed by atoms with E-state index in [1.807, 2.05) is 11.8 Å². The van der Waals surface area contributed by atoms with E-state index in [0.717, 1.165) is 5.56 Å². The van der Waals surface area contributed by atoms with Crippen molar-refractivity contribution in [2.24, 2.45) is 5.41 Å². The highest BCUT2D eigenvalue weighted by Gasteiger charge is 2.42. The lowest BCUT2D eigenvalue weighted by atomic mass is 9.90. The van der Waals surface area contributed by atoms with E-state index in [-0.39, 0.29) is 11.9 Å². The number of carboxylic acids is 1. The van der Waals surface area contributed by atoms with Crippen LogP contribution in [0.1, 0.15) is 25.8 Å². The molecule has 0 aromatic heterocycles. The van der Waals surface area contributed by atoms with E-state index in [2.05, 4.69) is 5.32 Å². The van der Waals surface area contributed by atoms with E-state index in [9.17, 15) is 14.7 Å². The lowest BCUT2D eigenvalue weighted by Gasteiger charge is -2.25. The number of rotatable bonds is 4. The molecule has 0 spiro atoms. The van der Waals surface area contributed by atoms with Crippen molar-refractivity contribution in [1.29, 1.82) is 0 Å². The van der Waals surface area contributed by atoms with Crippen molar-refractivity contribution < 1.29 is 14.7 Å². The summed E-state index contributed by atoms with van der Waals surface area (Å²) in [6.45, 7) is 6.35. The Balaban J connectivity index is 2.04. The molecule has 1 aliphatic rings. The number of amides is 1. The van der Waals surface area contributed by atoms with Crippen LogP contribution in [0.4, 0.5) is 5.69 Å². The van der Waals surface area contributed by atoms with E-state index < -0.39 is 11.4 Å². The highest BCUT2D eigenvalue weighted by atomic mass is 35.5. The van der Waals surface area contributed by atoms with Crippen molar-refractivity contribution in [1.82, 2.24) is 4.90 Å². The third-order valence-electron chi connectivity index (χ3n) is 4.47. The number of aliphatic carboxylic acids is 1. The maximum absolute atomic E-state index is 12.4. The minimum Gasteiger partial charge on any atom is -0.481 e. The van der Waals surface area contributed by atoms with E-state index in [4.69, 9.17) is 11.6 Å². The second-order valence-electron chi connectivity index (χ2n) is 6.16. The Kier molecular flexibility index (Phi) is 4.78. The van der Waals surface area contributed by atoms with Crippen molar-refractivity contribution in [3.05, 3.63) is 28.8 Å². The molecule has 1 amide bonds. The van der Waals surface area contributed by atoms with Gasteiger partial charge in [0.1, 0.15) is 0 Å². The van der Waals surface area contributed by atoms with Crippen LogP contribution in [0.5, 0.6) is 0 Å². The van der Waals surface area contributed by atoms with Gasteiger partial charge in [0.05, 0.1) is 11.5 Å². The Labute approximate surface area is 135 Å². The zero-order valence-electron chi connectivity index (χ0n) is 13.0. The van der Waals surface area contributed by atoms with Gasteiger partial charge in [-0.25, -0.2) is 0 Å². The SMILES string of the molecule is Cc1c(Cl)cccc1NC(=O)C(C)N1CCC(C)(C(=O)O)C1. The van der Waals surface area contributed by atoms with Gasteiger partial charge in [-0.3, -0.25) is 14.5 Å². The lowest BCUT2D eigenvalue weighted by Crippen LogP contribution is -2.42. The molecule has 1 aliphatic heterocycles. The molecule has 2 atom stereocenters.